The van der Waals surface area contributed by atoms with Crippen LogP contribution in [0.25, 0.3) is 66.1 Å². The summed E-state index contributed by atoms with van der Waals surface area (Å²) in [6.07, 6.45) is 1.87. The fraction of sp³-hybridized carbons (Fsp3) is 0. The first-order chi connectivity index (χ1) is 25.3. The summed E-state index contributed by atoms with van der Waals surface area (Å²) in [4.78, 5) is 7.24. The number of aromatic nitrogens is 1. The van der Waals surface area contributed by atoms with E-state index in [4.69, 9.17) is 4.98 Å². The number of fused-ring (bicyclic) bond motifs is 2. The van der Waals surface area contributed by atoms with Crippen molar-refractivity contribution < 1.29 is 0 Å². The van der Waals surface area contributed by atoms with Crippen molar-refractivity contribution in [2.45, 2.75) is 0 Å². The normalized spacial score (nSPS) is 11.1. The molecule has 0 saturated heterocycles. The Balaban J connectivity index is 1.32. The highest BCUT2D eigenvalue weighted by Gasteiger charge is 2.23. The van der Waals surface area contributed by atoms with Crippen molar-refractivity contribution >= 4 is 38.7 Å². The molecule has 0 radical (unpaired) electrons. The molecule has 8 aromatic carbocycles. The molecule has 0 amide bonds. The number of hydrogen-bond donors (Lipinski definition) is 0. The van der Waals surface area contributed by atoms with E-state index in [1.54, 1.807) is 0 Å². The molecule has 0 saturated carbocycles. The van der Waals surface area contributed by atoms with Crippen LogP contribution in [-0.2, 0) is 0 Å². The van der Waals surface area contributed by atoms with E-state index in [1.807, 2.05) is 12.3 Å². The zero-order valence-corrected chi connectivity index (χ0v) is 28.0. The summed E-state index contributed by atoms with van der Waals surface area (Å²) >= 11 is 0. The van der Waals surface area contributed by atoms with Crippen LogP contribution in [0.15, 0.2) is 206 Å². The zero-order valence-electron chi connectivity index (χ0n) is 28.0. The Kier molecular flexibility index (Phi) is 7.88. The number of rotatable bonds is 7. The minimum absolute atomic E-state index is 0.866. The lowest BCUT2D eigenvalue weighted by molar-refractivity contribution is 1.19. The van der Waals surface area contributed by atoms with E-state index in [-0.39, 0.29) is 0 Å². The van der Waals surface area contributed by atoms with Crippen LogP contribution >= 0.6 is 0 Å². The van der Waals surface area contributed by atoms with Gasteiger partial charge < -0.3 is 0 Å². The van der Waals surface area contributed by atoms with Gasteiger partial charge in [0.15, 0.2) is 0 Å². The van der Waals surface area contributed by atoms with E-state index in [0.717, 1.165) is 28.0 Å². The second-order valence-corrected chi connectivity index (χ2v) is 12.8. The van der Waals surface area contributed by atoms with Crippen LogP contribution in [0.4, 0.5) is 17.2 Å². The molecule has 0 atom stereocenters. The predicted molar refractivity (Wildman–Crippen MR) is 216 cm³/mol. The van der Waals surface area contributed by atoms with E-state index in [2.05, 4.69) is 199 Å². The summed E-state index contributed by atoms with van der Waals surface area (Å²) in [7, 11) is 0. The van der Waals surface area contributed by atoms with Gasteiger partial charge in [-0.1, -0.05) is 158 Å². The lowest BCUT2D eigenvalue weighted by atomic mass is 9.87. The zero-order chi connectivity index (χ0) is 34.0. The monoisotopic (exact) mass is 650 g/mol. The van der Waals surface area contributed by atoms with E-state index in [9.17, 15) is 0 Å². The van der Waals surface area contributed by atoms with E-state index in [1.165, 1.54) is 55.3 Å². The van der Waals surface area contributed by atoms with Gasteiger partial charge in [0.2, 0.25) is 0 Å². The van der Waals surface area contributed by atoms with Crippen molar-refractivity contribution in [2.24, 2.45) is 0 Å². The van der Waals surface area contributed by atoms with Crippen LogP contribution < -0.4 is 4.90 Å². The standard InChI is InChI=1S/C49H34N2/c1-4-16-35(17-5-1)38-27-29-42(30-28-38)51(47-26-14-15-31-50-47)49-45-24-12-10-22-43(45)48(44-23-11-13-25-46(44)49)41-33-39(36-18-6-2-7-19-36)32-40(34-41)37-20-8-3-9-21-37/h1-34H. The first-order valence-corrected chi connectivity index (χ1v) is 17.4. The lowest BCUT2D eigenvalue weighted by Crippen LogP contribution is -2.12. The Morgan fingerprint density at radius 2 is 0.725 bits per heavy atom. The van der Waals surface area contributed by atoms with E-state index in [0.29, 0.717) is 0 Å². The Morgan fingerprint density at radius 1 is 0.314 bits per heavy atom. The second kappa shape index (κ2) is 13.3. The molecule has 2 heteroatoms. The summed E-state index contributed by atoms with van der Waals surface area (Å²) in [6.45, 7) is 0. The van der Waals surface area contributed by atoms with E-state index < -0.39 is 0 Å². The summed E-state index contributed by atoms with van der Waals surface area (Å²) in [5.41, 5.74) is 11.7. The van der Waals surface area contributed by atoms with Gasteiger partial charge in [0, 0.05) is 22.7 Å². The fourth-order valence-corrected chi connectivity index (χ4v) is 7.32. The molecule has 9 rings (SSSR count). The molecule has 0 N–H and O–H groups in total. The van der Waals surface area contributed by atoms with Crippen molar-refractivity contribution in [1.29, 1.82) is 0 Å². The van der Waals surface area contributed by atoms with Gasteiger partial charge >= 0.3 is 0 Å². The SMILES string of the molecule is c1ccc(-c2ccc(N(c3ccccn3)c3c4ccccc4c(-c4cc(-c5ccccc5)cc(-c5ccccc5)c4)c4ccccc34)cc2)cc1. The topological polar surface area (TPSA) is 16.1 Å². The second-order valence-electron chi connectivity index (χ2n) is 12.8. The number of nitrogens with zero attached hydrogens (tertiary/aromatic N) is 2. The van der Waals surface area contributed by atoms with Crippen molar-refractivity contribution in [1.82, 2.24) is 4.98 Å². The average Bonchev–Trinajstić information content (AvgIpc) is 3.22. The van der Waals surface area contributed by atoms with Gasteiger partial charge in [0.05, 0.1) is 5.69 Å². The van der Waals surface area contributed by atoms with Gasteiger partial charge in [-0.25, -0.2) is 4.98 Å². The molecule has 0 aliphatic heterocycles. The van der Waals surface area contributed by atoms with Crippen LogP contribution in [0.2, 0.25) is 0 Å². The van der Waals surface area contributed by atoms with Gasteiger partial charge in [-0.15, -0.1) is 0 Å². The van der Waals surface area contributed by atoms with Crippen molar-refractivity contribution in [3.8, 4) is 44.5 Å². The molecule has 1 heterocycles. The molecule has 0 aliphatic carbocycles. The van der Waals surface area contributed by atoms with Crippen LogP contribution in [0.3, 0.4) is 0 Å². The maximum atomic E-state index is 4.92. The molecule has 0 unspecified atom stereocenters. The molecule has 0 aliphatic rings. The van der Waals surface area contributed by atoms with Gasteiger partial charge in [-0.05, 0) is 97.7 Å². The lowest BCUT2D eigenvalue weighted by Gasteiger charge is -2.29. The van der Waals surface area contributed by atoms with Gasteiger partial charge in [0.1, 0.15) is 5.82 Å². The highest BCUT2D eigenvalue weighted by molar-refractivity contribution is 6.22. The Hall–Kier alpha value is -6.77. The third-order valence-electron chi connectivity index (χ3n) is 9.67. The molecule has 51 heavy (non-hydrogen) atoms. The minimum atomic E-state index is 0.866. The molecule has 240 valence electrons. The van der Waals surface area contributed by atoms with Crippen LogP contribution in [-0.4, -0.2) is 4.98 Å². The third-order valence-corrected chi connectivity index (χ3v) is 9.67. The largest absolute Gasteiger partial charge is 0.294 e. The van der Waals surface area contributed by atoms with Crippen LogP contribution in [0.1, 0.15) is 0 Å². The maximum Gasteiger partial charge on any atom is 0.137 e. The summed E-state index contributed by atoms with van der Waals surface area (Å²) in [6, 6.07) is 71.6. The molecule has 0 spiro atoms. The molecule has 9 aromatic rings. The molecular weight excluding hydrogens is 617 g/mol. The maximum absolute atomic E-state index is 4.92. The van der Waals surface area contributed by atoms with Crippen molar-refractivity contribution in [3.05, 3.63) is 206 Å². The van der Waals surface area contributed by atoms with Crippen molar-refractivity contribution in [3.63, 3.8) is 0 Å². The highest BCUT2D eigenvalue weighted by atomic mass is 15.2. The third kappa shape index (κ3) is 5.73. The molecule has 1 aromatic heterocycles. The first kappa shape index (κ1) is 30.3. The Bertz CT molecular complexity index is 2480. The quantitative estimate of drug-likeness (QED) is 0.160. The molecule has 0 bridgehead atoms. The van der Waals surface area contributed by atoms with Crippen LogP contribution in [0, 0.1) is 0 Å². The van der Waals surface area contributed by atoms with Crippen molar-refractivity contribution in [2.75, 3.05) is 4.90 Å². The predicted octanol–water partition coefficient (Wildman–Crippen LogP) is 13.5. The van der Waals surface area contributed by atoms with Gasteiger partial charge in [-0.2, -0.15) is 0 Å². The van der Waals surface area contributed by atoms with Crippen LogP contribution in [0.5, 0.6) is 0 Å². The Labute approximate surface area is 298 Å². The molecule has 2 nitrogen and oxygen atoms in total. The summed E-state index contributed by atoms with van der Waals surface area (Å²) in [5, 5.41) is 4.71. The fourth-order valence-electron chi connectivity index (χ4n) is 7.32. The van der Waals surface area contributed by atoms with Gasteiger partial charge in [0.25, 0.3) is 0 Å². The first-order valence-electron chi connectivity index (χ1n) is 17.4. The summed E-state index contributed by atoms with van der Waals surface area (Å²) < 4.78 is 0. The average molecular weight is 651 g/mol. The highest BCUT2D eigenvalue weighted by Crippen LogP contribution is 2.48. The minimum Gasteiger partial charge on any atom is -0.294 e. The summed E-state index contributed by atoms with van der Waals surface area (Å²) in [5.74, 6) is 0.866. The van der Waals surface area contributed by atoms with Gasteiger partial charge in [-0.3, -0.25) is 4.90 Å². The Morgan fingerprint density at radius 3 is 1.22 bits per heavy atom. The molecule has 0 fully saturated rings. The smallest absolute Gasteiger partial charge is 0.137 e. The number of pyridine rings is 1. The number of benzene rings is 8. The molecular formula is C49H34N2. The number of anilines is 3. The van der Waals surface area contributed by atoms with E-state index >= 15 is 0 Å². The number of hydrogen-bond acceptors (Lipinski definition) is 2.